The SMILES string of the molecule is CCNC(=NCC(c1cnn(C)c1)N(C)C)N1CCN(CC(=O)NC2CC2)CC1.I. The molecule has 2 aliphatic rings. The number of hydrogen-bond acceptors (Lipinski definition) is 5. The number of aryl methyl sites for hydroxylation is 1. The average Bonchev–Trinajstić information content (AvgIpc) is 3.39. The number of aromatic nitrogens is 2. The molecule has 170 valence electrons. The van der Waals surface area contributed by atoms with E-state index in [4.69, 9.17) is 4.99 Å². The standard InChI is InChI=1S/C20H36N8O.HI/c1-5-21-20(22-13-18(25(2)3)16-12-23-26(4)14-16)28-10-8-27(9-11-28)15-19(29)24-17-6-7-17;/h12,14,17-18H,5-11,13,15H2,1-4H3,(H,21,22)(H,24,29);1H. The number of guanidine groups is 1. The molecule has 9 nitrogen and oxygen atoms in total. The van der Waals surface area contributed by atoms with E-state index in [0.29, 0.717) is 19.1 Å². The van der Waals surface area contributed by atoms with Crippen LogP contribution in [0, 0.1) is 0 Å². The van der Waals surface area contributed by atoms with E-state index < -0.39 is 0 Å². The van der Waals surface area contributed by atoms with Crippen molar-refractivity contribution in [3.8, 4) is 0 Å². The van der Waals surface area contributed by atoms with E-state index in [9.17, 15) is 4.79 Å². The van der Waals surface area contributed by atoms with Gasteiger partial charge in [-0.2, -0.15) is 5.10 Å². The summed E-state index contributed by atoms with van der Waals surface area (Å²) in [6.07, 6.45) is 6.24. The minimum atomic E-state index is 0. The normalized spacial score (nSPS) is 18.8. The molecule has 1 aliphatic heterocycles. The fourth-order valence-electron chi connectivity index (χ4n) is 3.60. The van der Waals surface area contributed by atoms with Crippen molar-refractivity contribution in [3.05, 3.63) is 18.0 Å². The van der Waals surface area contributed by atoms with Gasteiger partial charge in [-0.25, -0.2) is 0 Å². The van der Waals surface area contributed by atoms with E-state index in [1.54, 1.807) is 0 Å². The first-order valence-electron chi connectivity index (χ1n) is 10.7. The van der Waals surface area contributed by atoms with Crippen LogP contribution in [0.25, 0.3) is 0 Å². The molecular weight excluding hydrogens is 495 g/mol. The van der Waals surface area contributed by atoms with Crippen LogP contribution in [-0.4, -0.2) is 102 Å². The highest BCUT2D eigenvalue weighted by atomic mass is 127. The molecule has 0 aromatic carbocycles. The molecule has 1 saturated carbocycles. The van der Waals surface area contributed by atoms with Crippen molar-refractivity contribution >= 4 is 35.8 Å². The molecule has 2 N–H and O–H groups in total. The Labute approximate surface area is 197 Å². The van der Waals surface area contributed by atoms with Gasteiger partial charge in [0.2, 0.25) is 5.91 Å². The van der Waals surface area contributed by atoms with Crippen LogP contribution in [0.2, 0.25) is 0 Å². The Morgan fingerprint density at radius 3 is 2.53 bits per heavy atom. The lowest BCUT2D eigenvalue weighted by atomic mass is 10.1. The molecule has 1 aliphatic carbocycles. The maximum absolute atomic E-state index is 12.0. The number of nitrogens with one attached hydrogen (secondary N) is 2. The molecule has 1 amide bonds. The first-order chi connectivity index (χ1) is 14.0. The van der Waals surface area contributed by atoms with Crippen molar-refractivity contribution in [1.82, 2.24) is 35.1 Å². The molecule has 0 spiro atoms. The number of hydrogen-bond donors (Lipinski definition) is 2. The summed E-state index contributed by atoms with van der Waals surface area (Å²) in [6, 6.07) is 0.616. The molecule has 30 heavy (non-hydrogen) atoms. The summed E-state index contributed by atoms with van der Waals surface area (Å²) in [6.45, 7) is 7.61. The van der Waals surface area contributed by atoms with Gasteiger partial charge >= 0.3 is 0 Å². The molecule has 2 heterocycles. The van der Waals surface area contributed by atoms with E-state index in [1.807, 2.05) is 17.9 Å². The predicted octanol–water partition coefficient (Wildman–Crippen LogP) is 0.503. The Balaban J connectivity index is 0.00000320. The fraction of sp³-hybridized carbons (Fsp3) is 0.750. The first kappa shape index (κ1) is 24.9. The maximum Gasteiger partial charge on any atom is 0.234 e. The maximum atomic E-state index is 12.0. The molecule has 1 aromatic rings. The summed E-state index contributed by atoms with van der Waals surface area (Å²) in [5.74, 6) is 1.11. The number of piperazine rings is 1. The third-order valence-electron chi connectivity index (χ3n) is 5.46. The zero-order valence-corrected chi connectivity index (χ0v) is 21.0. The molecule has 3 rings (SSSR count). The predicted molar refractivity (Wildman–Crippen MR) is 130 cm³/mol. The Morgan fingerprint density at radius 1 is 1.30 bits per heavy atom. The second-order valence-corrected chi connectivity index (χ2v) is 8.23. The number of amides is 1. The number of likely N-dealkylation sites (N-methyl/N-ethyl adjacent to an activating group) is 1. The molecule has 1 saturated heterocycles. The molecule has 10 heteroatoms. The van der Waals surface area contributed by atoms with Crippen LogP contribution < -0.4 is 10.6 Å². The van der Waals surface area contributed by atoms with Gasteiger partial charge in [0.1, 0.15) is 0 Å². The Hall–Kier alpha value is -1.40. The van der Waals surface area contributed by atoms with Crippen molar-refractivity contribution in [2.24, 2.45) is 12.0 Å². The fourth-order valence-corrected chi connectivity index (χ4v) is 3.60. The second-order valence-electron chi connectivity index (χ2n) is 8.23. The highest BCUT2D eigenvalue weighted by molar-refractivity contribution is 14.0. The molecular formula is C20H37IN8O. The zero-order valence-electron chi connectivity index (χ0n) is 18.7. The highest BCUT2D eigenvalue weighted by Gasteiger charge is 2.26. The van der Waals surface area contributed by atoms with Crippen LogP contribution >= 0.6 is 24.0 Å². The van der Waals surface area contributed by atoms with Crippen molar-refractivity contribution in [3.63, 3.8) is 0 Å². The van der Waals surface area contributed by atoms with Crippen molar-refractivity contribution in [2.75, 3.05) is 59.9 Å². The topological polar surface area (TPSA) is 81.0 Å². The van der Waals surface area contributed by atoms with Crippen LogP contribution in [-0.2, 0) is 11.8 Å². The lowest BCUT2D eigenvalue weighted by Gasteiger charge is -2.36. The van der Waals surface area contributed by atoms with Gasteiger partial charge in [-0.3, -0.25) is 19.4 Å². The van der Waals surface area contributed by atoms with E-state index in [0.717, 1.165) is 51.5 Å². The molecule has 1 unspecified atom stereocenters. The molecule has 1 aromatic heterocycles. The number of halogens is 1. The monoisotopic (exact) mass is 532 g/mol. The third-order valence-corrected chi connectivity index (χ3v) is 5.46. The van der Waals surface area contributed by atoms with Crippen LogP contribution in [0.3, 0.4) is 0 Å². The molecule has 0 bridgehead atoms. The van der Waals surface area contributed by atoms with Crippen LogP contribution in [0.15, 0.2) is 17.4 Å². The number of rotatable bonds is 8. The minimum Gasteiger partial charge on any atom is -0.357 e. The molecule has 0 radical (unpaired) electrons. The van der Waals surface area contributed by atoms with Gasteiger partial charge in [0.05, 0.1) is 25.3 Å². The lowest BCUT2D eigenvalue weighted by molar-refractivity contribution is -0.122. The Kier molecular flexibility index (Phi) is 9.82. The highest BCUT2D eigenvalue weighted by Crippen LogP contribution is 2.19. The summed E-state index contributed by atoms with van der Waals surface area (Å²) in [4.78, 5) is 23.7. The number of carbonyl (C=O) groups excluding carboxylic acids is 1. The van der Waals surface area contributed by atoms with Gasteiger partial charge in [-0.05, 0) is 33.9 Å². The first-order valence-corrected chi connectivity index (χ1v) is 10.7. The largest absolute Gasteiger partial charge is 0.357 e. The smallest absolute Gasteiger partial charge is 0.234 e. The van der Waals surface area contributed by atoms with Crippen molar-refractivity contribution < 1.29 is 4.79 Å². The van der Waals surface area contributed by atoms with E-state index >= 15 is 0 Å². The second kappa shape index (κ2) is 11.8. The van der Waals surface area contributed by atoms with Crippen molar-refractivity contribution in [2.45, 2.75) is 31.8 Å². The van der Waals surface area contributed by atoms with Crippen molar-refractivity contribution in [1.29, 1.82) is 0 Å². The van der Waals surface area contributed by atoms with Crippen LogP contribution in [0.1, 0.15) is 31.4 Å². The zero-order chi connectivity index (χ0) is 20.8. The number of aliphatic imine (C=N–C) groups is 1. The average molecular weight is 532 g/mol. The quantitative estimate of drug-likeness (QED) is 0.289. The summed E-state index contributed by atoms with van der Waals surface area (Å²) < 4.78 is 1.83. The molecule has 2 fully saturated rings. The van der Waals surface area contributed by atoms with Gasteiger partial charge in [-0.1, -0.05) is 0 Å². The van der Waals surface area contributed by atoms with Gasteiger partial charge in [0.15, 0.2) is 5.96 Å². The molecule has 1 atom stereocenters. The van der Waals surface area contributed by atoms with Gasteiger partial charge in [0, 0.05) is 57.6 Å². The number of carbonyl (C=O) groups is 1. The van der Waals surface area contributed by atoms with Crippen LogP contribution in [0.4, 0.5) is 0 Å². The summed E-state index contributed by atoms with van der Waals surface area (Å²) >= 11 is 0. The van der Waals surface area contributed by atoms with Gasteiger partial charge in [0.25, 0.3) is 0 Å². The van der Waals surface area contributed by atoms with E-state index in [1.165, 1.54) is 5.56 Å². The Morgan fingerprint density at radius 2 is 2.00 bits per heavy atom. The number of nitrogens with zero attached hydrogens (tertiary/aromatic N) is 6. The van der Waals surface area contributed by atoms with Gasteiger partial charge in [-0.15, -0.1) is 24.0 Å². The van der Waals surface area contributed by atoms with Gasteiger partial charge < -0.3 is 20.4 Å². The summed E-state index contributed by atoms with van der Waals surface area (Å²) in [5.41, 5.74) is 1.17. The van der Waals surface area contributed by atoms with E-state index in [-0.39, 0.29) is 35.9 Å². The summed E-state index contributed by atoms with van der Waals surface area (Å²) in [7, 11) is 6.09. The summed E-state index contributed by atoms with van der Waals surface area (Å²) in [5, 5.41) is 10.8. The van der Waals surface area contributed by atoms with Crippen LogP contribution in [0.5, 0.6) is 0 Å². The lowest BCUT2D eigenvalue weighted by Crippen LogP contribution is -2.54. The van der Waals surface area contributed by atoms with E-state index in [2.05, 4.69) is 57.6 Å². The minimum absolute atomic E-state index is 0. The third kappa shape index (κ3) is 7.38. The Bertz CT molecular complexity index is 695.